The largest absolute Gasteiger partial charge is 0.481 e. The van der Waals surface area contributed by atoms with Crippen LogP contribution in [0.3, 0.4) is 0 Å². The Morgan fingerprint density at radius 1 is 1.30 bits per heavy atom. The minimum atomic E-state index is -4.69. The van der Waals surface area contributed by atoms with E-state index in [0.717, 1.165) is 12.8 Å². The van der Waals surface area contributed by atoms with E-state index in [9.17, 15) is 18.0 Å². The number of carboxylic acids is 1. The molecule has 2 aliphatic rings. The SMILES string of the molecule is CC1CC(C)(C)CC1N1CCC(C(=O)O)(C(F)(F)F)C1. The molecule has 0 spiro atoms. The zero-order valence-corrected chi connectivity index (χ0v) is 12.1. The Labute approximate surface area is 117 Å². The standard InChI is InChI=1S/C14H22F3NO2/c1-9-6-12(2,3)7-10(9)18-5-4-13(8-18,11(19)20)14(15,16)17/h9-10H,4-8H2,1-3H3,(H,19,20). The van der Waals surface area contributed by atoms with Crippen molar-refractivity contribution in [3.63, 3.8) is 0 Å². The van der Waals surface area contributed by atoms with Crippen molar-refractivity contribution in [1.82, 2.24) is 4.90 Å². The molecular weight excluding hydrogens is 271 g/mol. The first kappa shape index (κ1) is 15.6. The number of hydrogen-bond acceptors (Lipinski definition) is 2. The van der Waals surface area contributed by atoms with Gasteiger partial charge in [-0.15, -0.1) is 0 Å². The van der Waals surface area contributed by atoms with Gasteiger partial charge in [0.25, 0.3) is 0 Å². The van der Waals surface area contributed by atoms with Gasteiger partial charge in [-0.25, -0.2) is 0 Å². The minimum Gasteiger partial charge on any atom is -0.481 e. The number of carboxylic acid groups (broad SMARTS) is 1. The quantitative estimate of drug-likeness (QED) is 0.850. The van der Waals surface area contributed by atoms with Crippen molar-refractivity contribution >= 4 is 5.97 Å². The summed E-state index contributed by atoms with van der Waals surface area (Å²) in [6, 6.07) is 0.0635. The van der Waals surface area contributed by atoms with Crippen LogP contribution < -0.4 is 0 Å². The second kappa shape index (κ2) is 4.61. The van der Waals surface area contributed by atoms with Gasteiger partial charge in [0.2, 0.25) is 0 Å². The fraction of sp³-hybridized carbons (Fsp3) is 0.929. The maximum Gasteiger partial charge on any atom is 0.406 e. The summed E-state index contributed by atoms with van der Waals surface area (Å²) in [4.78, 5) is 12.9. The molecule has 0 aromatic rings. The molecule has 0 aromatic carbocycles. The number of hydrogen-bond donors (Lipinski definition) is 1. The summed E-state index contributed by atoms with van der Waals surface area (Å²) in [6.07, 6.45) is -3.22. The highest BCUT2D eigenvalue weighted by atomic mass is 19.4. The van der Waals surface area contributed by atoms with Crippen LogP contribution in [-0.4, -0.2) is 41.3 Å². The van der Waals surface area contributed by atoms with Crippen LogP contribution >= 0.6 is 0 Å². The van der Waals surface area contributed by atoms with Crippen LogP contribution in [0.1, 0.15) is 40.0 Å². The van der Waals surface area contributed by atoms with Gasteiger partial charge in [0.15, 0.2) is 5.41 Å². The van der Waals surface area contributed by atoms with E-state index in [1.54, 1.807) is 4.90 Å². The molecule has 3 nitrogen and oxygen atoms in total. The summed E-state index contributed by atoms with van der Waals surface area (Å²) in [7, 11) is 0. The molecule has 2 rings (SSSR count). The van der Waals surface area contributed by atoms with Gasteiger partial charge in [0, 0.05) is 12.6 Å². The molecule has 0 bridgehead atoms. The van der Waals surface area contributed by atoms with Crippen LogP contribution in [0.2, 0.25) is 0 Å². The molecule has 0 amide bonds. The van der Waals surface area contributed by atoms with E-state index in [1.165, 1.54) is 0 Å². The highest BCUT2D eigenvalue weighted by Gasteiger charge is 2.64. The maximum absolute atomic E-state index is 13.2. The van der Waals surface area contributed by atoms with Gasteiger partial charge >= 0.3 is 12.1 Å². The Morgan fingerprint density at radius 3 is 2.25 bits per heavy atom. The van der Waals surface area contributed by atoms with Crippen molar-refractivity contribution in [2.75, 3.05) is 13.1 Å². The summed E-state index contributed by atoms with van der Waals surface area (Å²) < 4.78 is 39.5. The smallest absolute Gasteiger partial charge is 0.406 e. The summed E-state index contributed by atoms with van der Waals surface area (Å²) >= 11 is 0. The number of aliphatic carboxylic acids is 1. The first-order chi connectivity index (χ1) is 8.98. The van der Waals surface area contributed by atoms with E-state index >= 15 is 0 Å². The molecule has 116 valence electrons. The summed E-state index contributed by atoms with van der Waals surface area (Å²) in [6.45, 7) is 6.10. The van der Waals surface area contributed by atoms with Gasteiger partial charge in [-0.2, -0.15) is 13.2 Å². The van der Waals surface area contributed by atoms with Crippen molar-refractivity contribution in [3.05, 3.63) is 0 Å². The molecular formula is C14H22F3NO2. The number of nitrogens with zero attached hydrogens (tertiary/aromatic N) is 1. The molecule has 0 aromatic heterocycles. The molecule has 2 fully saturated rings. The lowest BCUT2D eigenvalue weighted by molar-refractivity contribution is -0.228. The fourth-order valence-corrected chi connectivity index (χ4v) is 4.00. The Morgan fingerprint density at radius 2 is 1.90 bits per heavy atom. The van der Waals surface area contributed by atoms with Gasteiger partial charge in [-0.3, -0.25) is 9.69 Å². The topological polar surface area (TPSA) is 40.5 Å². The first-order valence-electron chi connectivity index (χ1n) is 7.03. The number of likely N-dealkylation sites (tertiary alicyclic amines) is 1. The second-order valence-electron chi connectivity index (χ2n) is 7.22. The van der Waals surface area contributed by atoms with Crippen molar-refractivity contribution < 1.29 is 23.1 Å². The highest BCUT2D eigenvalue weighted by Crippen LogP contribution is 2.50. The molecule has 1 saturated heterocycles. The summed E-state index contributed by atoms with van der Waals surface area (Å²) in [5.74, 6) is -1.43. The predicted octanol–water partition coefficient (Wildman–Crippen LogP) is 3.15. The Kier molecular flexibility index (Phi) is 3.60. The van der Waals surface area contributed by atoms with Crippen molar-refractivity contribution in [2.45, 2.75) is 52.3 Å². The van der Waals surface area contributed by atoms with Crippen molar-refractivity contribution in [1.29, 1.82) is 0 Å². The van der Waals surface area contributed by atoms with E-state index in [4.69, 9.17) is 5.11 Å². The number of carbonyl (C=O) groups is 1. The maximum atomic E-state index is 13.2. The van der Waals surface area contributed by atoms with Crippen LogP contribution in [0.25, 0.3) is 0 Å². The summed E-state index contributed by atoms with van der Waals surface area (Å²) in [5.41, 5.74) is -2.46. The number of rotatable bonds is 2. The lowest BCUT2D eigenvalue weighted by Crippen LogP contribution is -2.48. The lowest BCUT2D eigenvalue weighted by atomic mass is 9.86. The monoisotopic (exact) mass is 293 g/mol. The number of alkyl halides is 3. The molecule has 1 heterocycles. The van der Waals surface area contributed by atoms with Crippen LogP contribution in [0.15, 0.2) is 0 Å². The first-order valence-corrected chi connectivity index (χ1v) is 7.03. The average Bonchev–Trinajstić information content (AvgIpc) is 2.79. The van der Waals surface area contributed by atoms with E-state index in [1.807, 2.05) is 6.92 Å². The van der Waals surface area contributed by atoms with Crippen LogP contribution in [0.4, 0.5) is 13.2 Å². The minimum absolute atomic E-state index is 0.0635. The average molecular weight is 293 g/mol. The molecule has 20 heavy (non-hydrogen) atoms. The van der Waals surface area contributed by atoms with Gasteiger partial charge in [0.05, 0.1) is 0 Å². The molecule has 1 aliphatic heterocycles. The van der Waals surface area contributed by atoms with Gasteiger partial charge in [0.1, 0.15) is 0 Å². The van der Waals surface area contributed by atoms with E-state index < -0.39 is 24.1 Å². The molecule has 1 N–H and O–H groups in total. The fourth-order valence-electron chi connectivity index (χ4n) is 4.00. The van der Waals surface area contributed by atoms with Crippen molar-refractivity contribution in [3.8, 4) is 0 Å². The van der Waals surface area contributed by atoms with Crippen LogP contribution in [-0.2, 0) is 4.79 Å². The van der Waals surface area contributed by atoms with E-state index in [2.05, 4.69) is 13.8 Å². The molecule has 1 aliphatic carbocycles. The molecule has 6 heteroatoms. The zero-order chi connectivity index (χ0) is 15.3. The van der Waals surface area contributed by atoms with E-state index in [-0.39, 0.29) is 24.4 Å². The predicted molar refractivity (Wildman–Crippen MR) is 68.3 cm³/mol. The highest BCUT2D eigenvalue weighted by molar-refractivity contribution is 5.76. The Hall–Kier alpha value is -0.780. The third-order valence-electron chi connectivity index (χ3n) is 5.01. The summed E-state index contributed by atoms with van der Waals surface area (Å²) in [5, 5.41) is 9.08. The van der Waals surface area contributed by atoms with Gasteiger partial charge < -0.3 is 5.11 Å². The molecule has 3 atom stereocenters. The molecule has 1 saturated carbocycles. The Bertz CT molecular complexity index is 408. The Balaban J connectivity index is 2.18. The second-order valence-corrected chi connectivity index (χ2v) is 7.22. The normalized spacial score (nSPS) is 38.3. The lowest BCUT2D eigenvalue weighted by Gasteiger charge is -2.31. The number of halogens is 3. The zero-order valence-electron chi connectivity index (χ0n) is 12.1. The van der Waals surface area contributed by atoms with Crippen molar-refractivity contribution in [2.24, 2.45) is 16.7 Å². The molecule has 0 radical (unpaired) electrons. The van der Waals surface area contributed by atoms with Gasteiger partial charge in [-0.1, -0.05) is 20.8 Å². The molecule has 3 unspecified atom stereocenters. The third kappa shape index (κ3) is 2.43. The van der Waals surface area contributed by atoms with E-state index in [0.29, 0.717) is 5.92 Å². The van der Waals surface area contributed by atoms with Gasteiger partial charge in [-0.05, 0) is 37.1 Å². The van der Waals surface area contributed by atoms with Crippen LogP contribution in [0.5, 0.6) is 0 Å². The van der Waals surface area contributed by atoms with Crippen LogP contribution in [0, 0.1) is 16.7 Å². The third-order valence-corrected chi connectivity index (χ3v) is 5.01.